The summed E-state index contributed by atoms with van der Waals surface area (Å²) in [6, 6.07) is 14.4. The van der Waals surface area contributed by atoms with E-state index in [9.17, 15) is 34.8 Å². The first-order valence-electron chi connectivity index (χ1n) is 15.8. The quantitative estimate of drug-likeness (QED) is 0.261. The Morgan fingerprint density at radius 3 is 2.36 bits per heavy atom. The third kappa shape index (κ3) is 4.60. The molecule has 7 rings (SSSR count). The summed E-state index contributed by atoms with van der Waals surface area (Å²) in [5.41, 5.74) is 5.27. The van der Waals surface area contributed by atoms with Gasteiger partial charge in [-0.15, -0.1) is 0 Å². The number of aliphatic hydroxyl groups is 3. The number of hydrogen-bond acceptors (Lipinski definition) is 10. The number of hydrogen-bond donors (Lipinski definition) is 5. The summed E-state index contributed by atoms with van der Waals surface area (Å²) in [6.45, 7) is 3.86. The van der Waals surface area contributed by atoms with Gasteiger partial charge in [-0.25, -0.2) is 0 Å². The van der Waals surface area contributed by atoms with Gasteiger partial charge in [0.1, 0.15) is 22.8 Å². The summed E-state index contributed by atoms with van der Waals surface area (Å²) in [4.78, 5) is 43.7. The zero-order chi connectivity index (χ0) is 33.4. The second-order valence-corrected chi connectivity index (χ2v) is 13.2. The molecule has 0 spiro atoms. The lowest BCUT2D eigenvalue weighted by atomic mass is 9.57. The molecule has 3 aliphatic carbocycles. The number of primary amides is 1. The van der Waals surface area contributed by atoms with E-state index in [1.807, 2.05) is 24.3 Å². The number of phenolic OH excluding ortho intramolecular Hbond substituents is 1. The molecule has 4 atom stereocenters. The third-order valence-electron chi connectivity index (χ3n) is 10.4. The number of likely N-dealkylation sites (N-methyl/N-ethyl adjacent to an activating group) is 1. The van der Waals surface area contributed by atoms with E-state index in [-0.39, 0.29) is 29.7 Å². The molecule has 1 saturated heterocycles. The first-order valence-corrected chi connectivity index (χ1v) is 15.8. The molecular weight excluding hydrogens is 602 g/mol. The van der Waals surface area contributed by atoms with Crippen molar-refractivity contribution in [3.63, 3.8) is 0 Å². The van der Waals surface area contributed by atoms with Crippen LogP contribution in [0.2, 0.25) is 0 Å². The number of phenols is 1. The number of aliphatic hydroxyl groups excluding tert-OH is 2. The number of nitrogens with zero attached hydrogens (tertiary/aromatic N) is 2. The summed E-state index contributed by atoms with van der Waals surface area (Å²) in [7, 11) is 3.16. The monoisotopic (exact) mass is 639 g/mol. The molecule has 0 radical (unpaired) electrons. The van der Waals surface area contributed by atoms with Gasteiger partial charge in [-0.2, -0.15) is 0 Å². The van der Waals surface area contributed by atoms with Crippen LogP contribution in [-0.2, 0) is 32.1 Å². The fourth-order valence-corrected chi connectivity index (χ4v) is 8.23. The van der Waals surface area contributed by atoms with Gasteiger partial charge in [0.15, 0.2) is 11.4 Å². The fourth-order valence-electron chi connectivity index (χ4n) is 8.23. The number of carbonyl (C=O) groups excluding carboxylic acids is 3. The van der Waals surface area contributed by atoms with Crippen molar-refractivity contribution >= 4 is 34.0 Å². The molecule has 3 aromatic carbocycles. The van der Waals surface area contributed by atoms with Gasteiger partial charge < -0.3 is 30.9 Å². The number of fused-ring (bicyclic) bond motifs is 4. The van der Waals surface area contributed by atoms with Crippen molar-refractivity contribution in [1.29, 1.82) is 0 Å². The lowest BCUT2D eigenvalue weighted by Crippen LogP contribution is -2.65. The largest absolute Gasteiger partial charge is 0.508 e. The first-order chi connectivity index (χ1) is 22.4. The number of rotatable bonds is 5. The van der Waals surface area contributed by atoms with Crippen molar-refractivity contribution in [2.45, 2.75) is 31.0 Å². The molecule has 11 heteroatoms. The Hall–Kier alpha value is -4.55. The van der Waals surface area contributed by atoms with E-state index in [2.05, 4.69) is 17.0 Å². The van der Waals surface area contributed by atoms with E-state index in [0.717, 1.165) is 41.5 Å². The smallest absolute Gasteiger partial charge is 0.255 e. The van der Waals surface area contributed by atoms with Gasteiger partial charge in [0.2, 0.25) is 5.78 Å². The van der Waals surface area contributed by atoms with E-state index in [4.69, 9.17) is 10.5 Å². The maximum absolute atomic E-state index is 14.2. The van der Waals surface area contributed by atoms with Crippen LogP contribution in [0.4, 0.5) is 0 Å². The van der Waals surface area contributed by atoms with Crippen LogP contribution in [0.5, 0.6) is 5.75 Å². The molecule has 2 fully saturated rings. The van der Waals surface area contributed by atoms with Crippen molar-refractivity contribution in [2.75, 3.05) is 40.4 Å². The number of aromatic hydroxyl groups is 1. The highest BCUT2D eigenvalue weighted by Crippen LogP contribution is 2.54. The van der Waals surface area contributed by atoms with E-state index in [1.54, 1.807) is 20.2 Å². The predicted molar refractivity (Wildman–Crippen MR) is 173 cm³/mol. The van der Waals surface area contributed by atoms with Crippen molar-refractivity contribution in [3.05, 3.63) is 82.1 Å². The maximum atomic E-state index is 14.2. The highest BCUT2D eigenvalue weighted by Gasteiger charge is 2.64. The number of carbonyl (C=O) groups is 3. The second-order valence-electron chi connectivity index (χ2n) is 13.2. The second kappa shape index (κ2) is 11.3. The molecule has 4 unspecified atom stereocenters. The molecular formula is C36H37N3O8. The fraction of sp³-hybridized carbons (Fsp3) is 0.361. The van der Waals surface area contributed by atoms with Crippen LogP contribution >= 0.6 is 0 Å². The van der Waals surface area contributed by atoms with Crippen LogP contribution in [0.15, 0.2) is 65.4 Å². The molecule has 6 N–H and O–H groups in total. The van der Waals surface area contributed by atoms with Crippen LogP contribution in [0.1, 0.15) is 23.1 Å². The third-order valence-corrected chi connectivity index (χ3v) is 10.4. The zero-order valence-corrected chi connectivity index (χ0v) is 26.2. The van der Waals surface area contributed by atoms with Crippen LogP contribution < -0.4 is 5.73 Å². The Balaban J connectivity index is 1.37. The minimum absolute atomic E-state index is 0.0279. The first kappa shape index (κ1) is 31.1. The molecule has 4 aliphatic rings. The van der Waals surface area contributed by atoms with Crippen LogP contribution in [0.3, 0.4) is 0 Å². The van der Waals surface area contributed by atoms with E-state index < -0.39 is 58.0 Å². The lowest BCUT2D eigenvalue weighted by Gasteiger charge is -2.50. The van der Waals surface area contributed by atoms with Gasteiger partial charge in [-0.3, -0.25) is 24.2 Å². The van der Waals surface area contributed by atoms with Crippen molar-refractivity contribution in [1.82, 2.24) is 9.80 Å². The molecule has 1 saturated carbocycles. The number of nitrogens with two attached hydrogens (primary N) is 1. The maximum Gasteiger partial charge on any atom is 0.255 e. The van der Waals surface area contributed by atoms with Crippen molar-refractivity contribution in [2.24, 2.45) is 17.6 Å². The van der Waals surface area contributed by atoms with Crippen LogP contribution in [0, 0.1) is 11.8 Å². The Labute approximate surface area is 271 Å². The average Bonchev–Trinajstić information content (AvgIpc) is 3.03. The topological polar surface area (TPSA) is 174 Å². The van der Waals surface area contributed by atoms with Gasteiger partial charge in [-0.05, 0) is 71.9 Å². The zero-order valence-electron chi connectivity index (χ0n) is 26.2. The molecule has 3 aromatic rings. The summed E-state index contributed by atoms with van der Waals surface area (Å²) in [5, 5.41) is 47.8. The molecule has 11 nitrogen and oxygen atoms in total. The highest BCUT2D eigenvalue weighted by atomic mass is 16.5. The number of ketones is 2. The molecule has 1 amide bonds. The minimum Gasteiger partial charge on any atom is -0.508 e. The van der Waals surface area contributed by atoms with Crippen molar-refractivity contribution < 1.29 is 39.5 Å². The molecule has 0 bridgehead atoms. The molecule has 1 heterocycles. The van der Waals surface area contributed by atoms with Gasteiger partial charge in [0.05, 0.1) is 24.8 Å². The van der Waals surface area contributed by atoms with E-state index in [1.165, 1.54) is 16.5 Å². The summed E-state index contributed by atoms with van der Waals surface area (Å²) in [5.74, 6) is -6.72. The lowest BCUT2D eigenvalue weighted by molar-refractivity contribution is -0.153. The SMILES string of the molecule is CN(C)C1C(=O)C(C(N)=O)=C(O)C2(O)C(=O)C3=C(O)c4c(O)ccc(-c5ccc(CN6CCOCC6)c6ccccc56)c4CC3CC12. The number of morpholine rings is 1. The standard InChI is InChI=1S/C36H37N3O8/c1-38(2)30-25-16-19-15-24-23(22-8-7-18(17-39-11-13-47-14-12-39)20-5-3-4-6-21(20)22)9-10-26(40)28(24)31(41)27(19)33(43)36(25,46)34(44)29(32(30)42)35(37)45/h3-10,19,25,30,40-41,44,46H,11-17H2,1-2H3,(H2,37,45). The molecule has 244 valence electrons. The van der Waals surface area contributed by atoms with Gasteiger partial charge >= 0.3 is 0 Å². The Kier molecular flexibility index (Phi) is 7.47. The van der Waals surface area contributed by atoms with Crippen LogP contribution in [0.25, 0.3) is 27.7 Å². The highest BCUT2D eigenvalue weighted by molar-refractivity contribution is 6.24. The van der Waals surface area contributed by atoms with Gasteiger partial charge in [0, 0.05) is 31.1 Å². The van der Waals surface area contributed by atoms with Gasteiger partial charge in [0.25, 0.3) is 5.91 Å². The Morgan fingerprint density at radius 1 is 1.00 bits per heavy atom. The van der Waals surface area contributed by atoms with Crippen molar-refractivity contribution in [3.8, 4) is 16.9 Å². The summed E-state index contributed by atoms with van der Waals surface area (Å²) < 4.78 is 5.52. The van der Waals surface area contributed by atoms with Crippen LogP contribution in [-0.4, -0.2) is 99.7 Å². The predicted octanol–water partition coefficient (Wildman–Crippen LogP) is 2.62. The van der Waals surface area contributed by atoms with E-state index in [0.29, 0.717) is 18.8 Å². The average molecular weight is 640 g/mol. The van der Waals surface area contributed by atoms with E-state index >= 15 is 0 Å². The number of amides is 1. The molecule has 47 heavy (non-hydrogen) atoms. The molecule has 1 aliphatic heterocycles. The summed E-state index contributed by atoms with van der Waals surface area (Å²) in [6.07, 6.45) is 0.238. The number of Topliss-reactive ketones (excluding diaryl/α,β-unsaturated/α-hetero) is 2. The minimum atomic E-state index is -2.68. The Bertz CT molecular complexity index is 1920. The number of ether oxygens (including phenoxy) is 1. The number of benzene rings is 3. The normalized spacial score (nSPS) is 26.4. The molecule has 0 aromatic heterocycles. The van der Waals surface area contributed by atoms with Gasteiger partial charge in [-0.1, -0.05) is 42.5 Å². The summed E-state index contributed by atoms with van der Waals surface area (Å²) >= 11 is 0. The Morgan fingerprint density at radius 2 is 1.68 bits per heavy atom.